The molecule has 27 heavy (non-hydrogen) atoms. The number of carbonyl (C=O) groups is 1. The highest BCUT2D eigenvalue weighted by Crippen LogP contribution is 2.38. The van der Waals surface area contributed by atoms with Crippen molar-refractivity contribution >= 4 is 5.91 Å². The Labute approximate surface area is 157 Å². The zero-order chi connectivity index (χ0) is 19.2. The van der Waals surface area contributed by atoms with Gasteiger partial charge in [-0.1, -0.05) is 18.2 Å². The number of rotatable bonds is 7. The predicted molar refractivity (Wildman–Crippen MR) is 101 cm³/mol. The highest BCUT2D eigenvalue weighted by Gasteiger charge is 2.17. The quantitative estimate of drug-likeness (QED) is 0.695. The monoisotopic (exact) mass is 367 g/mol. The van der Waals surface area contributed by atoms with E-state index in [1.807, 2.05) is 35.0 Å². The molecule has 140 valence electrons. The minimum absolute atomic E-state index is 0.241. The second-order valence-electron chi connectivity index (χ2n) is 5.70. The zero-order valence-electron chi connectivity index (χ0n) is 15.4. The van der Waals surface area contributed by atoms with Crippen molar-refractivity contribution in [1.82, 2.24) is 14.9 Å². The number of methoxy groups -OCH3 is 3. The van der Waals surface area contributed by atoms with Gasteiger partial charge in [0.25, 0.3) is 5.91 Å². The fourth-order valence-electron chi connectivity index (χ4n) is 2.80. The third-order valence-corrected chi connectivity index (χ3v) is 4.14. The summed E-state index contributed by atoms with van der Waals surface area (Å²) in [5.41, 5.74) is 2.35. The van der Waals surface area contributed by atoms with Gasteiger partial charge in [0, 0.05) is 24.5 Å². The van der Waals surface area contributed by atoms with Crippen molar-refractivity contribution < 1.29 is 19.0 Å². The normalized spacial score (nSPS) is 10.3. The molecule has 0 aliphatic rings. The lowest BCUT2D eigenvalue weighted by Crippen LogP contribution is -2.23. The minimum atomic E-state index is -0.241. The summed E-state index contributed by atoms with van der Waals surface area (Å²) in [6.45, 7) is 0.365. The van der Waals surface area contributed by atoms with Crippen LogP contribution in [0.1, 0.15) is 15.9 Å². The van der Waals surface area contributed by atoms with E-state index in [1.165, 1.54) is 21.3 Å². The molecule has 0 bridgehead atoms. The standard InChI is InChI=1S/C20H21N3O4/c1-25-17-10-15(11-18(26-2)19(17)27-3)20(24)22-12-14-6-4-5-7-16(14)23-9-8-21-13-23/h4-11,13H,12H2,1-3H3,(H,22,24). The van der Waals surface area contributed by atoms with Crippen LogP contribution in [-0.4, -0.2) is 36.8 Å². The maximum atomic E-state index is 12.7. The number of hydrogen-bond donors (Lipinski definition) is 1. The van der Waals surface area contributed by atoms with E-state index in [2.05, 4.69) is 10.3 Å². The van der Waals surface area contributed by atoms with E-state index in [4.69, 9.17) is 14.2 Å². The Bertz CT molecular complexity index is 898. The molecule has 0 fully saturated rings. The van der Waals surface area contributed by atoms with Crippen molar-refractivity contribution in [3.05, 3.63) is 66.2 Å². The Morgan fingerprint density at radius 1 is 1.07 bits per heavy atom. The van der Waals surface area contributed by atoms with Crippen LogP contribution >= 0.6 is 0 Å². The smallest absolute Gasteiger partial charge is 0.251 e. The average Bonchev–Trinajstić information content (AvgIpc) is 3.25. The topological polar surface area (TPSA) is 74.6 Å². The number of nitrogens with one attached hydrogen (secondary N) is 1. The molecule has 0 saturated heterocycles. The van der Waals surface area contributed by atoms with Crippen molar-refractivity contribution in [2.24, 2.45) is 0 Å². The van der Waals surface area contributed by atoms with E-state index in [-0.39, 0.29) is 5.91 Å². The van der Waals surface area contributed by atoms with Crippen LogP contribution in [0.15, 0.2) is 55.1 Å². The fraction of sp³-hybridized carbons (Fsp3) is 0.200. The SMILES string of the molecule is COc1cc(C(=O)NCc2ccccc2-n2ccnc2)cc(OC)c1OC. The molecule has 0 spiro atoms. The summed E-state index contributed by atoms with van der Waals surface area (Å²) < 4.78 is 17.8. The highest BCUT2D eigenvalue weighted by atomic mass is 16.5. The van der Waals surface area contributed by atoms with Crippen LogP contribution in [0.3, 0.4) is 0 Å². The largest absolute Gasteiger partial charge is 0.493 e. The van der Waals surface area contributed by atoms with E-state index in [0.717, 1.165) is 11.3 Å². The van der Waals surface area contributed by atoms with E-state index in [9.17, 15) is 4.79 Å². The summed E-state index contributed by atoms with van der Waals surface area (Å²) in [7, 11) is 4.55. The molecular weight excluding hydrogens is 346 g/mol. The van der Waals surface area contributed by atoms with Gasteiger partial charge in [0.05, 0.1) is 33.3 Å². The molecule has 2 aromatic carbocycles. The first-order valence-electron chi connectivity index (χ1n) is 8.32. The molecule has 0 atom stereocenters. The first-order chi connectivity index (χ1) is 13.2. The summed E-state index contributed by atoms with van der Waals surface area (Å²) >= 11 is 0. The lowest BCUT2D eigenvalue weighted by Gasteiger charge is -2.15. The van der Waals surface area contributed by atoms with Crippen LogP contribution in [0.4, 0.5) is 0 Å². The molecule has 3 aromatic rings. The number of imidazole rings is 1. The molecule has 1 heterocycles. The van der Waals surface area contributed by atoms with E-state index in [0.29, 0.717) is 29.4 Å². The van der Waals surface area contributed by atoms with E-state index >= 15 is 0 Å². The summed E-state index contributed by atoms with van der Waals surface area (Å²) in [5, 5.41) is 2.93. The molecule has 0 saturated carbocycles. The molecule has 7 heteroatoms. The van der Waals surface area contributed by atoms with E-state index < -0.39 is 0 Å². The Kier molecular flexibility index (Phi) is 5.61. The Morgan fingerprint density at radius 3 is 2.37 bits per heavy atom. The van der Waals surface area contributed by atoms with Gasteiger partial charge in [-0.2, -0.15) is 0 Å². The summed E-state index contributed by atoms with van der Waals surface area (Å²) in [5.74, 6) is 1.07. The number of para-hydroxylation sites is 1. The molecule has 0 aliphatic carbocycles. The van der Waals surface area contributed by atoms with Crippen molar-refractivity contribution in [2.75, 3.05) is 21.3 Å². The van der Waals surface area contributed by atoms with Crippen molar-refractivity contribution in [3.8, 4) is 22.9 Å². The van der Waals surface area contributed by atoms with Crippen molar-refractivity contribution in [2.45, 2.75) is 6.54 Å². The van der Waals surface area contributed by atoms with Gasteiger partial charge in [0.1, 0.15) is 0 Å². The first-order valence-corrected chi connectivity index (χ1v) is 8.32. The fourth-order valence-corrected chi connectivity index (χ4v) is 2.80. The number of aromatic nitrogens is 2. The van der Waals surface area contributed by atoms with E-state index in [1.54, 1.807) is 24.7 Å². The maximum absolute atomic E-state index is 12.7. The number of ether oxygens (including phenoxy) is 3. The summed E-state index contributed by atoms with van der Waals surface area (Å²) in [4.78, 5) is 16.7. The number of benzene rings is 2. The maximum Gasteiger partial charge on any atom is 0.251 e. The minimum Gasteiger partial charge on any atom is -0.493 e. The first kappa shape index (κ1) is 18.3. The predicted octanol–water partition coefficient (Wildman–Crippen LogP) is 2.83. The van der Waals surface area contributed by atoms with Gasteiger partial charge in [0.2, 0.25) is 5.75 Å². The molecule has 1 amide bonds. The number of hydrogen-bond acceptors (Lipinski definition) is 5. The Hall–Kier alpha value is -3.48. The highest BCUT2D eigenvalue weighted by molar-refractivity contribution is 5.95. The van der Waals surface area contributed by atoms with Crippen LogP contribution in [0.2, 0.25) is 0 Å². The third kappa shape index (κ3) is 3.87. The molecule has 1 N–H and O–H groups in total. The van der Waals surface area contributed by atoms with Gasteiger partial charge in [-0.15, -0.1) is 0 Å². The summed E-state index contributed by atoms with van der Waals surface area (Å²) in [6, 6.07) is 11.1. The second-order valence-corrected chi connectivity index (χ2v) is 5.70. The number of carbonyl (C=O) groups excluding carboxylic acids is 1. The molecule has 3 rings (SSSR count). The molecule has 7 nitrogen and oxygen atoms in total. The average molecular weight is 367 g/mol. The lowest BCUT2D eigenvalue weighted by atomic mass is 10.1. The molecular formula is C20H21N3O4. The number of nitrogens with zero attached hydrogens (tertiary/aromatic N) is 2. The van der Waals surface area contributed by atoms with Crippen LogP contribution in [0.25, 0.3) is 5.69 Å². The van der Waals surface area contributed by atoms with Gasteiger partial charge in [-0.25, -0.2) is 4.98 Å². The van der Waals surface area contributed by atoms with Gasteiger partial charge in [-0.05, 0) is 23.8 Å². The summed E-state index contributed by atoms with van der Waals surface area (Å²) in [6.07, 6.45) is 5.30. The van der Waals surface area contributed by atoms with Crippen LogP contribution in [-0.2, 0) is 6.54 Å². The van der Waals surface area contributed by atoms with Crippen LogP contribution < -0.4 is 19.5 Å². The molecule has 0 radical (unpaired) electrons. The van der Waals surface area contributed by atoms with Crippen molar-refractivity contribution in [3.63, 3.8) is 0 Å². The lowest BCUT2D eigenvalue weighted by molar-refractivity contribution is 0.0950. The molecule has 0 unspecified atom stereocenters. The van der Waals surface area contributed by atoms with Gasteiger partial charge in [-0.3, -0.25) is 4.79 Å². The Morgan fingerprint density at radius 2 is 1.78 bits per heavy atom. The molecule has 0 aliphatic heterocycles. The van der Waals surface area contributed by atoms with Gasteiger partial charge < -0.3 is 24.1 Å². The second kappa shape index (κ2) is 8.27. The zero-order valence-corrected chi connectivity index (χ0v) is 15.4. The third-order valence-electron chi connectivity index (χ3n) is 4.14. The van der Waals surface area contributed by atoms with Gasteiger partial charge in [0.15, 0.2) is 11.5 Å². The Balaban J connectivity index is 1.81. The molecule has 1 aromatic heterocycles. The van der Waals surface area contributed by atoms with Crippen LogP contribution in [0, 0.1) is 0 Å². The van der Waals surface area contributed by atoms with Gasteiger partial charge >= 0.3 is 0 Å². The van der Waals surface area contributed by atoms with Crippen LogP contribution in [0.5, 0.6) is 17.2 Å². The number of amides is 1. The van der Waals surface area contributed by atoms with Crippen molar-refractivity contribution in [1.29, 1.82) is 0 Å².